The van der Waals surface area contributed by atoms with E-state index in [2.05, 4.69) is 25.1 Å². The Morgan fingerprint density at radius 2 is 1.94 bits per heavy atom. The molecular formula is C22H24ClN5O2S. The van der Waals surface area contributed by atoms with Gasteiger partial charge in [-0.25, -0.2) is 4.98 Å². The molecule has 2 aromatic heterocycles. The van der Waals surface area contributed by atoms with E-state index in [9.17, 15) is 4.79 Å². The molecule has 1 N–H and O–H groups in total. The molecule has 0 saturated heterocycles. The molecule has 31 heavy (non-hydrogen) atoms. The van der Waals surface area contributed by atoms with Crippen molar-refractivity contribution in [3.63, 3.8) is 0 Å². The number of methoxy groups -OCH3 is 1. The van der Waals surface area contributed by atoms with Crippen molar-refractivity contribution in [3.05, 3.63) is 47.6 Å². The highest BCUT2D eigenvalue weighted by molar-refractivity contribution is 7.99. The van der Waals surface area contributed by atoms with E-state index < -0.39 is 0 Å². The molecule has 1 aromatic carbocycles. The van der Waals surface area contributed by atoms with E-state index in [0.29, 0.717) is 16.9 Å². The van der Waals surface area contributed by atoms with Gasteiger partial charge in [0.05, 0.1) is 17.9 Å². The summed E-state index contributed by atoms with van der Waals surface area (Å²) in [5, 5.41) is 13.0. The molecule has 0 unspecified atom stereocenters. The summed E-state index contributed by atoms with van der Waals surface area (Å²) in [4.78, 5) is 16.5. The van der Waals surface area contributed by atoms with Crippen molar-refractivity contribution in [2.24, 2.45) is 0 Å². The van der Waals surface area contributed by atoms with E-state index in [1.165, 1.54) is 37.2 Å². The molecule has 9 heteroatoms. The Morgan fingerprint density at radius 3 is 2.61 bits per heavy atom. The van der Waals surface area contributed by atoms with Gasteiger partial charge in [0.1, 0.15) is 11.6 Å². The van der Waals surface area contributed by atoms with Crippen LogP contribution in [0.15, 0.2) is 47.8 Å². The zero-order valence-electron chi connectivity index (χ0n) is 17.3. The fourth-order valence-corrected chi connectivity index (χ4v) is 4.66. The number of benzene rings is 1. The second kappa shape index (κ2) is 10.2. The summed E-state index contributed by atoms with van der Waals surface area (Å²) in [5.41, 5.74) is 0.987. The van der Waals surface area contributed by atoms with Gasteiger partial charge in [-0.05, 0) is 49.2 Å². The minimum atomic E-state index is -0.149. The van der Waals surface area contributed by atoms with Gasteiger partial charge in [-0.3, -0.25) is 9.36 Å². The third-order valence-corrected chi connectivity index (χ3v) is 6.45. The van der Waals surface area contributed by atoms with Gasteiger partial charge < -0.3 is 10.1 Å². The Kier molecular flexibility index (Phi) is 7.09. The van der Waals surface area contributed by atoms with Crippen molar-refractivity contribution in [2.75, 3.05) is 18.2 Å². The second-order valence-corrected chi connectivity index (χ2v) is 8.77. The maximum absolute atomic E-state index is 12.4. The first kappa shape index (κ1) is 21.6. The number of amides is 1. The number of carbonyl (C=O) groups excluding carboxylic acids is 1. The van der Waals surface area contributed by atoms with Gasteiger partial charge in [-0.2, -0.15) is 0 Å². The number of pyridine rings is 1. The van der Waals surface area contributed by atoms with Gasteiger partial charge in [0.2, 0.25) is 5.91 Å². The lowest BCUT2D eigenvalue weighted by Crippen LogP contribution is -2.17. The molecule has 7 nitrogen and oxygen atoms in total. The highest BCUT2D eigenvalue weighted by Crippen LogP contribution is 2.36. The minimum Gasteiger partial charge on any atom is -0.497 e. The van der Waals surface area contributed by atoms with E-state index in [4.69, 9.17) is 16.3 Å². The summed E-state index contributed by atoms with van der Waals surface area (Å²) in [6.45, 7) is 0. The normalized spacial score (nSPS) is 14.4. The van der Waals surface area contributed by atoms with Crippen molar-refractivity contribution in [1.82, 2.24) is 19.7 Å². The van der Waals surface area contributed by atoms with E-state index in [1.54, 1.807) is 19.2 Å². The number of anilines is 1. The summed E-state index contributed by atoms with van der Waals surface area (Å²) in [6, 6.07) is 11.5. The molecule has 0 atom stereocenters. The summed E-state index contributed by atoms with van der Waals surface area (Å²) >= 11 is 7.24. The highest BCUT2D eigenvalue weighted by atomic mass is 35.5. The van der Waals surface area contributed by atoms with Crippen LogP contribution >= 0.6 is 23.4 Å². The molecule has 0 aliphatic heterocycles. The fourth-order valence-electron chi connectivity index (χ4n) is 3.74. The molecule has 1 fully saturated rings. The van der Waals surface area contributed by atoms with Crippen LogP contribution in [0.2, 0.25) is 5.02 Å². The number of hydrogen-bond donors (Lipinski definition) is 1. The van der Waals surface area contributed by atoms with Crippen LogP contribution in [0.3, 0.4) is 0 Å². The maximum atomic E-state index is 12.4. The van der Waals surface area contributed by atoms with Crippen molar-refractivity contribution in [3.8, 4) is 17.1 Å². The van der Waals surface area contributed by atoms with E-state index >= 15 is 0 Å². The number of ether oxygens (including phenoxy) is 1. The van der Waals surface area contributed by atoms with Gasteiger partial charge in [-0.1, -0.05) is 42.6 Å². The lowest BCUT2D eigenvalue weighted by atomic mass is 9.95. The van der Waals surface area contributed by atoms with Crippen molar-refractivity contribution >= 4 is 35.1 Å². The summed E-state index contributed by atoms with van der Waals surface area (Å²) in [7, 11) is 1.65. The average Bonchev–Trinajstić information content (AvgIpc) is 3.24. The number of nitrogens with one attached hydrogen (secondary N) is 1. The molecule has 2 heterocycles. The van der Waals surface area contributed by atoms with Gasteiger partial charge in [0, 0.05) is 17.8 Å². The Bertz CT molecular complexity index is 1020. The summed E-state index contributed by atoms with van der Waals surface area (Å²) in [5.74, 6) is 2.18. The average molecular weight is 458 g/mol. The van der Waals surface area contributed by atoms with E-state index in [0.717, 1.165) is 35.1 Å². The van der Waals surface area contributed by atoms with E-state index in [1.807, 2.05) is 24.3 Å². The first-order valence-electron chi connectivity index (χ1n) is 10.3. The van der Waals surface area contributed by atoms with Gasteiger partial charge in [0.15, 0.2) is 11.0 Å². The molecule has 3 aromatic rings. The molecule has 4 rings (SSSR count). The van der Waals surface area contributed by atoms with Crippen LogP contribution in [0.1, 0.15) is 38.1 Å². The monoisotopic (exact) mass is 457 g/mol. The molecule has 1 aliphatic rings. The maximum Gasteiger partial charge on any atom is 0.236 e. The number of halogens is 1. The minimum absolute atomic E-state index is 0.149. The van der Waals surface area contributed by atoms with Crippen LogP contribution in [-0.4, -0.2) is 38.5 Å². The summed E-state index contributed by atoms with van der Waals surface area (Å²) < 4.78 is 7.48. The van der Waals surface area contributed by atoms with Crippen molar-refractivity contribution in [1.29, 1.82) is 0 Å². The molecular weight excluding hydrogens is 434 g/mol. The number of hydrogen-bond acceptors (Lipinski definition) is 6. The van der Waals surface area contributed by atoms with Crippen LogP contribution in [0.4, 0.5) is 5.82 Å². The number of carbonyl (C=O) groups is 1. The van der Waals surface area contributed by atoms with Crippen molar-refractivity contribution in [2.45, 2.75) is 43.3 Å². The number of rotatable bonds is 7. The highest BCUT2D eigenvalue weighted by Gasteiger charge is 2.24. The molecule has 1 saturated carbocycles. The lowest BCUT2D eigenvalue weighted by Gasteiger charge is -2.25. The molecule has 0 radical (unpaired) electrons. The molecule has 162 valence electrons. The number of nitrogens with zero attached hydrogens (tertiary/aromatic N) is 4. The van der Waals surface area contributed by atoms with Crippen molar-refractivity contribution < 1.29 is 9.53 Å². The first-order chi connectivity index (χ1) is 15.1. The third-order valence-electron chi connectivity index (χ3n) is 5.28. The topological polar surface area (TPSA) is 81.9 Å². The zero-order valence-corrected chi connectivity index (χ0v) is 18.8. The fraction of sp³-hybridized carbons (Fsp3) is 0.364. The van der Waals surface area contributed by atoms with Crippen LogP contribution in [0.25, 0.3) is 11.4 Å². The predicted octanol–water partition coefficient (Wildman–Crippen LogP) is 5.24. The predicted molar refractivity (Wildman–Crippen MR) is 123 cm³/mol. The van der Waals surface area contributed by atoms with Gasteiger partial charge >= 0.3 is 0 Å². The second-order valence-electron chi connectivity index (χ2n) is 7.40. The Labute approximate surface area is 190 Å². The summed E-state index contributed by atoms with van der Waals surface area (Å²) in [6.07, 6.45) is 7.33. The smallest absolute Gasteiger partial charge is 0.236 e. The number of aromatic nitrogens is 4. The Balaban J connectivity index is 1.52. The SMILES string of the molecule is COc1ccc(-c2nnc(SCC(=O)Nc3ccc(Cl)cn3)n2C2CCCCC2)cc1. The van der Waals surface area contributed by atoms with Crippen LogP contribution < -0.4 is 10.1 Å². The molecule has 1 aliphatic carbocycles. The van der Waals surface area contributed by atoms with E-state index in [-0.39, 0.29) is 11.7 Å². The first-order valence-corrected chi connectivity index (χ1v) is 11.6. The molecule has 1 amide bonds. The molecule has 0 spiro atoms. The third kappa shape index (κ3) is 5.37. The van der Waals surface area contributed by atoms with Gasteiger partial charge in [-0.15, -0.1) is 10.2 Å². The van der Waals surface area contributed by atoms with Crippen LogP contribution in [-0.2, 0) is 4.79 Å². The Hall–Kier alpha value is -2.58. The van der Waals surface area contributed by atoms with Crippen LogP contribution in [0.5, 0.6) is 5.75 Å². The zero-order chi connectivity index (χ0) is 21.6. The number of thioether (sulfide) groups is 1. The lowest BCUT2D eigenvalue weighted by molar-refractivity contribution is -0.113. The van der Waals surface area contributed by atoms with Crippen LogP contribution in [0, 0.1) is 0 Å². The largest absolute Gasteiger partial charge is 0.497 e. The molecule has 0 bridgehead atoms. The van der Waals surface area contributed by atoms with Gasteiger partial charge in [0.25, 0.3) is 0 Å². The quantitative estimate of drug-likeness (QED) is 0.488. The Morgan fingerprint density at radius 1 is 1.16 bits per heavy atom. The standard InChI is InChI=1S/C22H24ClN5O2S/c1-30-18-10-7-15(8-11-18)21-26-27-22(28(21)17-5-3-2-4-6-17)31-14-20(29)25-19-12-9-16(23)13-24-19/h7-13,17H,2-6,14H2,1H3,(H,24,25,29).